The molecule has 0 radical (unpaired) electrons. The first-order valence-electron chi connectivity index (χ1n) is 7.03. The van der Waals surface area contributed by atoms with Crippen LogP contribution in [0.25, 0.3) is 0 Å². The normalized spacial score (nSPS) is 10.4. The third-order valence-electron chi connectivity index (χ3n) is 3.10. The van der Waals surface area contributed by atoms with E-state index in [1.54, 1.807) is 0 Å². The SMILES string of the molecule is Cc1ccc(OCCCCNc2cc(F)ccc2F)cc1. The fourth-order valence-electron chi connectivity index (χ4n) is 1.91. The summed E-state index contributed by atoms with van der Waals surface area (Å²) < 4.78 is 31.9. The number of halogens is 2. The maximum Gasteiger partial charge on any atom is 0.146 e. The Balaban J connectivity index is 1.64. The summed E-state index contributed by atoms with van der Waals surface area (Å²) in [5.41, 5.74) is 1.40. The Labute approximate surface area is 123 Å². The number of hydrogen-bond donors (Lipinski definition) is 1. The number of aryl methyl sites for hydroxylation is 1. The van der Waals surface area contributed by atoms with Gasteiger partial charge in [0.15, 0.2) is 0 Å². The van der Waals surface area contributed by atoms with Crippen LogP contribution in [0, 0.1) is 18.6 Å². The van der Waals surface area contributed by atoms with Crippen molar-refractivity contribution >= 4 is 5.69 Å². The summed E-state index contributed by atoms with van der Waals surface area (Å²) in [5, 5.41) is 2.89. The van der Waals surface area contributed by atoms with Crippen LogP contribution in [0.5, 0.6) is 5.75 Å². The molecule has 0 atom stereocenters. The Kier molecular flexibility index (Phi) is 5.55. The molecule has 0 aliphatic rings. The topological polar surface area (TPSA) is 21.3 Å². The molecule has 4 heteroatoms. The van der Waals surface area contributed by atoms with Crippen molar-refractivity contribution in [2.45, 2.75) is 19.8 Å². The first kappa shape index (κ1) is 15.3. The van der Waals surface area contributed by atoms with Crippen LogP contribution in [0.3, 0.4) is 0 Å². The lowest BCUT2D eigenvalue weighted by Crippen LogP contribution is -2.06. The highest BCUT2D eigenvalue weighted by molar-refractivity contribution is 5.44. The van der Waals surface area contributed by atoms with E-state index >= 15 is 0 Å². The number of anilines is 1. The molecular formula is C17H19F2NO. The van der Waals surface area contributed by atoms with Crippen molar-refractivity contribution < 1.29 is 13.5 Å². The number of hydrogen-bond acceptors (Lipinski definition) is 2. The van der Waals surface area contributed by atoms with E-state index in [0.29, 0.717) is 13.2 Å². The molecule has 0 saturated carbocycles. The minimum atomic E-state index is -0.443. The lowest BCUT2D eigenvalue weighted by molar-refractivity contribution is 0.308. The Morgan fingerprint density at radius 3 is 2.52 bits per heavy atom. The monoisotopic (exact) mass is 291 g/mol. The van der Waals surface area contributed by atoms with Crippen LogP contribution in [0.4, 0.5) is 14.5 Å². The highest BCUT2D eigenvalue weighted by atomic mass is 19.1. The molecule has 112 valence electrons. The van der Waals surface area contributed by atoms with Gasteiger partial charge < -0.3 is 10.1 Å². The Hall–Kier alpha value is -2.10. The van der Waals surface area contributed by atoms with Crippen LogP contribution in [-0.2, 0) is 0 Å². The summed E-state index contributed by atoms with van der Waals surface area (Å²) in [4.78, 5) is 0. The highest BCUT2D eigenvalue weighted by Gasteiger charge is 2.02. The van der Waals surface area contributed by atoms with E-state index in [4.69, 9.17) is 4.74 Å². The maximum absolute atomic E-state index is 13.3. The van der Waals surface area contributed by atoms with Crippen LogP contribution in [0.2, 0.25) is 0 Å². The van der Waals surface area contributed by atoms with Crippen LogP contribution < -0.4 is 10.1 Å². The first-order chi connectivity index (χ1) is 10.1. The molecular weight excluding hydrogens is 272 g/mol. The van der Waals surface area contributed by atoms with E-state index in [1.807, 2.05) is 31.2 Å². The number of ether oxygens (including phenoxy) is 1. The molecule has 0 aromatic heterocycles. The number of nitrogens with one attached hydrogen (secondary N) is 1. The van der Waals surface area contributed by atoms with Gasteiger partial charge in [-0.25, -0.2) is 8.78 Å². The lowest BCUT2D eigenvalue weighted by atomic mass is 10.2. The van der Waals surface area contributed by atoms with Gasteiger partial charge in [0.05, 0.1) is 12.3 Å². The smallest absolute Gasteiger partial charge is 0.146 e. The Bertz CT molecular complexity index is 570. The van der Waals surface area contributed by atoms with E-state index < -0.39 is 11.6 Å². The molecule has 2 aromatic carbocycles. The van der Waals surface area contributed by atoms with Crippen LogP contribution in [0.1, 0.15) is 18.4 Å². The average Bonchev–Trinajstić information content (AvgIpc) is 2.48. The molecule has 2 aromatic rings. The predicted molar refractivity (Wildman–Crippen MR) is 80.8 cm³/mol. The summed E-state index contributed by atoms with van der Waals surface area (Å²) in [6, 6.07) is 11.3. The molecule has 0 fully saturated rings. The standard InChI is InChI=1S/C17H19F2NO/c1-13-4-7-15(8-5-13)21-11-3-2-10-20-17-12-14(18)6-9-16(17)19/h4-9,12,20H,2-3,10-11H2,1H3. The molecule has 0 aliphatic heterocycles. The van der Waals surface area contributed by atoms with Gasteiger partial charge in [-0.3, -0.25) is 0 Å². The zero-order valence-electron chi connectivity index (χ0n) is 12.0. The Morgan fingerprint density at radius 1 is 1.00 bits per heavy atom. The van der Waals surface area contributed by atoms with Gasteiger partial charge in [0, 0.05) is 6.54 Å². The van der Waals surface area contributed by atoms with Crippen molar-refractivity contribution in [2.24, 2.45) is 0 Å². The van der Waals surface area contributed by atoms with E-state index in [1.165, 1.54) is 5.56 Å². The minimum Gasteiger partial charge on any atom is -0.494 e. The second-order valence-corrected chi connectivity index (χ2v) is 4.92. The molecule has 0 saturated heterocycles. The lowest BCUT2D eigenvalue weighted by Gasteiger charge is -2.09. The summed E-state index contributed by atoms with van der Waals surface area (Å²) in [6.45, 7) is 3.22. The van der Waals surface area contributed by atoms with Crippen molar-refractivity contribution in [3.05, 3.63) is 59.7 Å². The van der Waals surface area contributed by atoms with E-state index in [2.05, 4.69) is 5.32 Å². The van der Waals surface area contributed by atoms with Gasteiger partial charge in [-0.2, -0.15) is 0 Å². The van der Waals surface area contributed by atoms with Gasteiger partial charge in [-0.05, 0) is 50.1 Å². The molecule has 21 heavy (non-hydrogen) atoms. The molecule has 0 unspecified atom stereocenters. The van der Waals surface area contributed by atoms with Gasteiger partial charge in [-0.15, -0.1) is 0 Å². The van der Waals surface area contributed by atoms with Crippen LogP contribution >= 0.6 is 0 Å². The number of rotatable bonds is 7. The molecule has 0 heterocycles. The molecule has 0 spiro atoms. The van der Waals surface area contributed by atoms with Crippen molar-refractivity contribution in [1.82, 2.24) is 0 Å². The molecule has 0 amide bonds. The first-order valence-corrected chi connectivity index (χ1v) is 7.03. The maximum atomic E-state index is 13.3. The van der Waals surface area contributed by atoms with Crippen molar-refractivity contribution in [1.29, 1.82) is 0 Å². The average molecular weight is 291 g/mol. The molecule has 0 aliphatic carbocycles. The fraction of sp³-hybridized carbons (Fsp3) is 0.294. The summed E-state index contributed by atoms with van der Waals surface area (Å²) in [6.07, 6.45) is 1.67. The molecule has 1 N–H and O–H groups in total. The highest BCUT2D eigenvalue weighted by Crippen LogP contribution is 2.15. The van der Waals surface area contributed by atoms with E-state index in [0.717, 1.165) is 36.8 Å². The van der Waals surface area contributed by atoms with E-state index in [-0.39, 0.29) is 5.69 Å². The summed E-state index contributed by atoms with van der Waals surface area (Å²) in [5.74, 6) is -0.0290. The van der Waals surface area contributed by atoms with Crippen molar-refractivity contribution in [3.63, 3.8) is 0 Å². The van der Waals surface area contributed by atoms with Gasteiger partial charge in [0.1, 0.15) is 17.4 Å². The Morgan fingerprint density at radius 2 is 1.76 bits per heavy atom. The third kappa shape index (κ3) is 5.06. The largest absolute Gasteiger partial charge is 0.494 e. The number of unbranched alkanes of at least 4 members (excludes halogenated alkanes) is 1. The van der Waals surface area contributed by atoms with Crippen molar-refractivity contribution in [2.75, 3.05) is 18.5 Å². The van der Waals surface area contributed by atoms with Gasteiger partial charge >= 0.3 is 0 Å². The summed E-state index contributed by atoms with van der Waals surface area (Å²) in [7, 11) is 0. The van der Waals surface area contributed by atoms with Crippen LogP contribution in [-0.4, -0.2) is 13.2 Å². The van der Waals surface area contributed by atoms with E-state index in [9.17, 15) is 8.78 Å². The van der Waals surface area contributed by atoms with Gasteiger partial charge in [0.25, 0.3) is 0 Å². The summed E-state index contributed by atoms with van der Waals surface area (Å²) >= 11 is 0. The quantitative estimate of drug-likeness (QED) is 0.756. The minimum absolute atomic E-state index is 0.203. The molecule has 0 bridgehead atoms. The molecule has 2 nitrogen and oxygen atoms in total. The second kappa shape index (κ2) is 7.62. The van der Waals surface area contributed by atoms with Gasteiger partial charge in [0.2, 0.25) is 0 Å². The van der Waals surface area contributed by atoms with Crippen molar-refractivity contribution in [3.8, 4) is 5.75 Å². The predicted octanol–water partition coefficient (Wildman–Crippen LogP) is 4.54. The third-order valence-corrected chi connectivity index (χ3v) is 3.10. The fourth-order valence-corrected chi connectivity index (χ4v) is 1.91. The van der Waals surface area contributed by atoms with Gasteiger partial charge in [-0.1, -0.05) is 17.7 Å². The number of benzene rings is 2. The van der Waals surface area contributed by atoms with Crippen LogP contribution in [0.15, 0.2) is 42.5 Å². The second-order valence-electron chi connectivity index (χ2n) is 4.92. The zero-order valence-corrected chi connectivity index (χ0v) is 12.0. The molecule has 2 rings (SSSR count). The zero-order chi connectivity index (χ0) is 15.1.